The fourth-order valence-electron chi connectivity index (χ4n) is 2.44. The highest BCUT2D eigenvalue weighted by atomic mass is 16.6. The normalized spacial score (nSPS) is 15.5. The molecule has 24 heavy (non-hydrogen) atoms. The van der Waals surface area contributed by atoms with Gasteiger partial charge < -0.3 is 9.47 Å². The van der Waals surface area contributed by atoms with E-state index in [0.29, 0.717) is 17.9 Å². The van der Waals surface area contributed by atoms with Crippen molar-refractivity contribution in [1.82, 2.24) is 4.90 Å². The van der Waals surface area contributed by atoms with E-state index in [1.807, 2.05) is 30.3 Å². The maximum atomic E-state index is 12.1. The number of carbonyl (C=O) groups is 2. The second-order valence-corrected chi connectivity index (χ2v) is 5.41. The SMILES string of the molecule is COc1ccc(CN2C/C(=C\C(=O)c3ccccc3)OC2=O)cc1. The summed E-state index contributed by atoms with van der Waals surface area (Å²) < 4.78 is 10.3. The van der Waals surface area contributed by atoms with Gasteiger partial charge >= 0.3 is 6.09 Å². The number of methoxy groups -OCH3 is 1. The molecule has 2 aromatic carbocycles. The Morgan fingerprint density at radius 3 is 2.54 bits per heavy atom. The Kier molecular flexibility index (Phi) is 4.61. The van der Waals surface area contributed by atoms with E-state index in [1.165, 1.54) is 6.08 Å². The first-order valence-corrected chi connectivity index (χ1v) is 7.55. The van der Waals surface area contributed by atoms with Crippen molar-refractivity contribution >= 4 is 11.9 Å². The smallest absolute Gasteiger partial charge is 0.415 e. The molecule has 5 heteroatoms. The highest BCUT2D eigenvalue weighted by Gasteiger charge is 2.27. The molecule has 2 aromatic rings. The molecule has 1 aliphatic heterocycles. The van der Waals surface area contributed by atoms with E-state index >= 15 is 0 Å². The summed E-state index contributed by atoms with van der Waals surface area (Å²) in [7, 11) is 1.60. The molecule has 0 N–H and O–H groups in total. The molecule has 0 aliphatic carbocycles. The van der Waals surface area contributed by atoms with Gasteiger partial charge in [0.1, 0.15) is 11.5 Å². The number of allylic oxidation sites excluding steroid dienone is 1. The summed E-state index contributed by atoms with van der Waals surface area (Å²) in [5, 5.41) is 0. The average molecular weight is 323 g/mol. The lowest BCUT2D eigenvalue weighted by atomic mass is 10.1. The number of hydrogen-bond acceptors (Lipinski definition) is 4. The van der Waals surface area contributed by atoms with Crippen LogP contribution in [0.25, 0.3) is 0 Å². The third kappa shape index (κ3) is 3.63. The summed E-state index contributed by atoms with van der Waals surface area (Å²) in [6, 6.07) is 16.3. The van der Waals surface area contributed by atoms with Crippen LogP contribution in [-0.4, -0.2) is 30.4 Å². The van der Waals surface area contributed by atoms with Gasteiger partial charge in [-0.25, -0.2) is 4.79 Å². The van der Waals surface area contributed by atoms with Gasteiger partial charge in [-0.1, -0.05) is 42.5 Å². The number of nitrogens with zero attached hydrogens (tertiary/aromatic N) is 1. The van der Waals surface area contributed by atoms with Crippen molar-refractivity contribution in [3.05, 3.63) is 77.6 Å². The summed E-state index contributed by atoms with van der Waals surface area (Å²) in [5.41, 5.74) is 1.53. The van der Waals surface area contributed by atoms with E-state index in [1.54, 1.807) is 36.3 Å². The molecule has 122 valence electrons. The Bertz CT molecular complexity index is 766. The molecular formula is C19H17NO4. The summed E-state index contributed by atoms with van der Waals surface area (Å²) in [5.74, 6) is 0.948. The van der Waals surface area contributed by atoms with Crippen molar-refractivity contribution in [2.75, 3.05) is 13.7 Å². The Morgan fingerprint density at radius 1 is 1.17 bits per heavy atom. The number of amides is 1. The molecule has 0 atom stereocenters. The third-order valence-corrected chi connectivity index (χ3v) is 3.71. The number of cyclic esters (lactones) is 1. The molecule has 1 fully saturated rings. The Balaban J connectivity index is 1.66. The molecule has 0 spiro atoms. The van der Waals surface area contributed by atoms with Crippen LogP contribution in [0.5, 0.6) is 5.75 Å². The van der Waals surface area contributed by atoms with Crippen LogP contribution >= 0.6 is 0 Å². The molecule has 0 radical (unpaired) electrons. The number of ether oxygens (including phenoxy) is 2. The molecule has 1 heterocycles. The van der Waals surface area contributed by atoms with E-state index in [-0.39, 0.29) is 12.3 Å². The Morgan fingerprint density at radius 2 is 1.88 bits per heavy atom. The van der Waals surface area contributed by atoms with Crippen molar-refractivity contribution in [3.63, 3.8) is 0 Å². The number of rotatable bonds is 5. The first-order chi connectivity index (χ1) is 11.7. The van der Waals surface area contributed by atoms with Gasteiger partial charge in [0.2, 0.25) is 0 Å². The molecule has 0 unspecified atom stereocenters. The van der Waals surface area contributed by atoms with Gasteiger partial charge in [-0.05, 0) is 17.7 Å². The fourth-order valence-corrected chi connectivity index (χ4v) is 2.44. The van der Waals surface area contributed by atoms with Gasteiger partial charge in [-0.3, -0.25) is 9.69 Å². The van der Waals surface area contributed by atoms with Crippen molar-refractivity contribution in [1.29, 1.82) is 0 Å². The van der Waals surface area contributed by atoms with Crippen LogP contribution in [0.1, 0.15) is 15.9 Å². The molecule has 5 nitrogen and oxygen atoms in total. The maximum Gasteiger partial charge on any atom is 0.415 e. The zero-order valence-electron chi connectivity index (χ0n) is 13.3. The molecule has 0 aromatic heterocycles. The zero-order chi connectivity index (χ0) is 16.9. The number of carbonyl (C=O) groups excluding carboxylic acids is 2. The van der Waals surface area contributed by atoms with Gasteiger partial charge in [-0.15, -0.1) is 0 Å². The fraction of sp³-hybridized carbons (Fsp3) is 0.158. The first kappa shape index (κ1) is 15.8. The monoisotopic (exact) mass is 323 g/mol. The quantitative estimate of drug-likeness (QED) is 0.625. The highest BCUT2D eigenvalue weighted by Crippen LogP contribution is 2.20. The van der Waals surface area contributed by atoms with Gasteiger partial charge in [0.25, 0.3) is 0 Å². The summed E-state index contributed by atoms with van der Waals surface area (Å²) in [4.78, 5) is 25.6. The summed E-state index contributed by atoms with van der Waals surface area (Å²) in [6.45, 7) is 0.698. The summed E-state index contributed by atoms with van der Waals surface area (Å²) >= 11 is 0. The van der Waals surface area contributed by atoms with Crippen LogP contribution < -0.4 is 4.74 Å². The Labute approximate surface area is 140 Å². The topological polar surface area (TPSA) is 55.8 Å². The minimum Gasteiger partial charge on any atom is -0.497 e. The van der Waals surface area contributed by atoms with Crippen LogP contribution in [0.15, 0.2) is 66.4 Å². The highest BCUT2D eigenvalue weighted by molar-refractivity contribution is 6.05. The van der Waals surface area contributed by atoms with E-state index in [2.05, 4.69) is 0 Å². The molecule has 1 amide bonds. The molecule has 1 aliphatic rings. The van der Waals surface area contributed by atoms with Gasteiger partial charge in [-0.2, -0.15) is 0 Å². The van der Waals surface area contributed by atoms with Gasteiger partial charge in [0, 0.05) is 18.2 Å². The standard InChI is InChI=1S/C19H17NO4/c1-23-16-9-7-14(8-10-16)12-20-13-17(24-19(20)22)11-18(21)15-5-3-2-4-6-15/h2-11H,12-13H2,1H3/b17-11+. The van der Waals surface area contributed by atoms with E-state index < -0.39 is 6.09 Å². The lowest BCUT2D eigenvalue weighted by molar-refractivity contribution is 0.104. The molecule has 0 saturated carbocycles. The van der Waals surface area contributed by atoms with Crippen molar-refractivity contribution in [2.45, 2.75) is 6.54 Å². The zero-order valence-corrected chi connectivity index (χ0v) is 13.3. The second kappa shape index (κ2) is 7.00. The van der Waals surface area contributed by atoms with Crippen molar-refractivity contribution in [3.8, 4) is 5.75 Å². The van der Waals surface area contributed by atoms with Crippen LogP contribution in [-0.2, 0) is 11.3 Å². The van der Waals surface area contributed by atoms with Gasteiger partial charge in [0.05, 0.1) is 13.7 Å². The number of benzene rings is 2. The van der Waals surface area contributed by atoms with Crippen molar-refractivity contribution < 1.29 is 19.1 Å². The third-order valence-electron chi connectivity index (χ3n) is 3.71. The molecule has 3 rings (SSSR count). The van der Waals surface area contributed by atoms with Crippen LogP contribution in [0, 0.1) is 0 Å². The summed E-state index contributed by atoms with van der Waals surface area (Å²) in [6.07, 6.45) is 0.930. The predicted molar refractivity (Wildman–Crippen MR) is 88.7 cm³/mol. The van der Waals surface area contributed by atoms with E-state index in [4.69, 9.17) is 9.47 Å². The Hall–Kier alpha value is -3.08. The molecular weight excluding hydrogens is 306 g/mol. The van der Waals surface area contributed by atoms with Crippen LogP contribution in [0.4, 0.5) is 4.79 Å². The van der Waals surface area contributed by atoms with Gasteiger partial charge in [0.15, 0.2) is 5.78 Å². The predicted octanol–water partition coefficient (Wildman–Crippen LogP) is 3.41. The maximum absolute atomic E-state index is 12.1. The van der Waals surface area contributed by atoms with E-state index in [0.717, 1.165) is 11.3 Å². The van der Waals surface area contributed by atoms with E-state index in [9.17, 15) is 9.59 Å². The largest absolute Gasteiger partial charge is 0.497 e. The minimum absolute atomic E-state index is 0.176. The molecule has 1 saturated heterocycles. The molecule has 0 bridgehead atoms. The van der Waals surface area contributed by atoms with Crippen LogP contribution in [0.2, 0.25) is 0 Å². The van der Waals surface area contributed by atoms with Crippen LogP contribution in [0.3, 0.4) is 0 Å². The first-order valence-electron chi connectivity index (χ1n) is 7.55. The lowest BCUT2D eigenvalue weighted by Gasteiger charge is -2.12. The minimum atomic E-state index is -0.446. The lowest BCUT2D eigenvalue weighted by Crippen LogP contribution is -2.23. The average Bonchev–Trinajstić information content (AvgIpc) is 2.95. The second-order valence-electron chi connectivity index (χ2n) is 5.41. The number of ketones is 1. The van der Waals surface area contributed by atoms with Crippen molar-refractivity contribution in [2.24, 2.45) is 0 Å². The number of hydrogen-bond donors (Lipinski definition) is 0.